The predicted molar refractivity (Wildman–Crippen MR) is 131 cm³/mol. The number of aliphatic hydroxyl groups excluding tert-OH is 1. The minimum atomic E-state index is -0.125. The van der Waals surface area contributed by atoms with Gasteiger partial charge in [0.2, 0.25) is 0 Å². The SMILES string of the molecule is CC1(C)CC[C@]2(C)CC[C@]3(C)C(=CCC4C3(C)CCC3C(C)(C)[C@@H](O)CC[C@@]34C)C2C1. The maximum absolute atomic E-state index is 10.9. The highest BCUT2D eigenvalue weighted by molar-refractivity contribution is 5.33. The summed E-state index contributed by atoms with van der Waals surface area (Å²) in [5.74, 6) is 2.21. The quantitative estimate of drug-likeness (QED) is 0.387. The van der Waals surface area contributed by atoms with Gasteiger partial charge in [-0.15, -0.1) is 0 Å². The molecule has 0 amide bonds. The van der Waals surface area contributed by atoms with Gasteiger partial charge in [0.25, 0.3) is 0 Å². The molecule has 5 aliphatic rings. The molecule has 0 radical (unpaired) electrons. The molecule has 4 saturated carbocycles. The highest BCUT2D eigenvalue weighted by atomic mass is 16.3. The summed E-state index contributed by atoms with van der Waals surface area (Å²) in [6, 6.07) is 0. The molecule has 8 atom stereocenters. The van der Waals surface area contributed by atoms with Crippen molar-refractivity contribution in [1.82, 2.24) is 0 Å². The van der Waals surface area contributed by atoms with Crippen LogP contribution in [0, 0.1) is 50.2 Å². The number of rotatable bonds is 0. The van der Waals surface area contributed by atoms with Crippen LogP contribution >= 0.6 is 0 Å². The minimum absolute atomic E-state index is 0.0533. The molecule has 31 heavy (non-hydrogen) atoms. The predicted octanol–water partition coefficient (Wildman–Crippen LogP) is 8.17. The fourth-order valence-electron chi connectivity index (χ4n) is 10.5. The lowest BCUT2D eigenvalue weighted by atomic mass is 9.33. The van der Waals surface area contributed by atoms with E-state index in [2.05, 4.69) is 61.5 Å². The van der Waals surface area contributed by atoms with E-state index in [9.17, 15) is 5.11 Å². The Labute approximate surface area is 192 Å². The Morgan fingerprint density at radius 2 is 1.45 bits per heavy atom. The van der Waals surface area contributed by atoms with Crippen molar-refractivity contribution in [1.29, 1.82) is 0 Å². The van der Waals surface area contributed by atoms with Crippen LogP contribution in [0.25, 0.3) is 0 Å². The summed E-state index contributed by atoms with van der Waals surface area (Å²) in [5, 5.41) is 10.9. The molecule has 0 aromatic heterocycles. The third kappa shape index (κ3) is 2.77. The van der Waals surface area contributed by atoms with Gasteiger partial charge in [-0.2, -0.15) is 0 Å². The van der Waals surface area contributed by atoms with Gasteiger partial charge in [0.15, 0.2) is 0 Å². The topological polar surface area (TPSA) is 20.2 Å². The van der Waals surface area contributed by atoms with E-state index in [0.29, 0.717) is 33.0 Å². The van der Waals surface area contributed by atoms with Crippen molar-refractivity contribution in [3.8, 4) is 0 Å². The first-order valence-corrected chi connectivity index (χ1v) is 13.6. The summed E-state index contributed by atoms with van der Waals surface area (Å²) in [5.41, 5.74) is 4.09. The van der Waals surface area contributed by atoms with E-state index in [1.54, 1.807) is 0 Å². The first kappa shape index (κ1) is 22.5. The van der Waals surface area contributed by atoms with Crippen LogP contribution in [-0.2, 0) is 0 Å². The molecule has 0 bridgehead atoms. The molecule has 5 rings (SSSR count). The van der Waals surface area contributed by atoms with Crippen molar-refractivity contribution in [3.05, 3.63) is 11.6 Å². The number of hydrogen-bond acceptors (Lipinski definition) is 1. The average molecular weight is 427 g/mol. The zero-order chi connectivity index (χ0) is 22.7. The fourth-order valence-corrected chi connectivity index (χ4v) is 10.5. The molecule has 0 aromatic carbocycles. The first-order chi connectivity index (χ1) is 14.2. The lowest BCUT2D eigenvalue weighted by Crippen LogP contribution is -2.64. The average Bonchev–Trinajstić information content (AvgIpc) is 2.67. The summed E-state index contributed by atoms with van der Waals surface area (Å²) < 4.78 is 0. The molecule has 0 aliphatic heterocycles. The van der Waals surface area contributed by atoms with Gasteiger partial charge in [-0.3, -0.25) is 0 Å². The largest absolute Gasteiger partial charge is 0.393 e. The van der Waals surface area contributed by atoms with Crippen LogP contribution in [0.2, 0.25) is 0 Å². The molecule has 1 N–H and O–H groups in total. The molecule has 0 aromatic rings. The second-order valence-corrected chi connectivity index (χ2v) is 15.2. The van der Waals surface area contributed by atoms with Crippen molar-refractivity contribution in [2.75, 3.05) is 0 Å². The Hall–Kier alpha value is -0.300. The van der Waals surface area contributed by atoms with Crippen LogP contribution in [0.15, 0.2) is 11.6 Å². The van der Waals surface area contributed by atoms with Crippen LogP contribution in [0.3, 0.4) is 0 Å². The molecule has 0 spiro atoms. The van der Waals surface area contributed by atoms with Crippen LogP contribution in [0.1, 0.15) is 120 Å². The monoisotopic (exact) mass is 426 g/mol. The molecule has 176 valence electrons. The van der Waals surface area contributed by atoms with Gasteiger partial charge in [-0.05, 0) is 114 Å². The summed E-state index contributed by atoms with van der Waals surface area (Å²) in [6.45, 7) is 20.4. The first-order valence-electron chi connectivity index (χ1n) is 13.6. The Morgan fingerprint density at radius 1 is 0.774 bits per heavy atom. The Kier molecular flexibility index (Phi) is 4.66. The van der Waals surface area contributed by atoms with Gasteiger partial charge in [-0.1, -0.05) is 67.0 Å². The van der Waals surface area contributed by atoms with Gasteiger partial charge in [0.05, 0.1) is 6.10 Å². The van der Waals surface area contributed by atoms with Crippen molar-refractivity contribution in [2.45, 2.75) is 126 Å². The highest BCUT2D eigenvalue weighted by Crippen LogP contribution is 2.75. The number of fused-ring (bicyclic) bond motifs is 7. The van der Waals surface area contributed by atoms with Crippen LogP contribution < -0.4 is 0 Å². The smallest absolute Gasteiger partial charge is 0.0594 e. The Bertz CT molecular complexity index is 790. The van der Waals surface area contributed by atoms with E-state index < -0.39 is 0 Å². The van der Waals surface area contributed by atoms with Gasteiger partial charge in [0.1, 0.15) is 0 Å². The summed E-state index contributed by atoms with van der Waals surface area (Å²) in [7, 11) is 0. The van der Waals surface area contributed by atoms with E-state index in [1.165, 1.54) is 57.8 Å². The molecule has 1 nitrogen and oxygen atoms in total. The third-order valence-corrected chi connectivity index (χ3v) is 13.0. The van der Waals surface area contributed by atoms with Gasteiger partial charge in [-0.25, -0.2) is 0 Å². The van der Waals surface area contributed by atoms with Gasteiger partial charge >= 0.3 is 0 Å². The molecule has 0 saturated heterocycles. The van der Waals surface area contributed by atoms with Crippen LogP contribution in [-0.4, -0.2) is 11.2 Å². The fraction of sp³-hybridized carbons (Fsp3) is 0.933. The summed E-state index contributed by atoms with van der Waals surface area (Å²) in [6.07, 6.45) is 15.9. The van der Waals surface area contributed by atoms with Crippen LogP contribution in [0.4, 0.5) is 0 Å². The molecular weight excluding hydrogens is 376 g/mol. The van der Waals surface area contributed by atoms with Crippen molar-refractivity contribution in [3.63, 3.8) is 0 Å². The standard InChI is InChI=1S/C30H50O/c1-25(2)15-16-27(5)17-18-29(7)20(21(27)19-25)9-10-23-28(6)13-12-24(31)26(3,4)22(28)11-14-30(23,29)8/h9,21-24,31H,10-19H2,1-8H3/t21?,22?,23?,24-,27+,28-,29+,30?/m0/s1. The van der Waals surface area contributed by atoms with Gasteiger partial charge < -0.3 is 5.11 Å². The van der Waals surface area contributed by atoms with E-state index in [1.807, 2.05) is 5.57 Å². The normalized spacial score (nSPS) is 55.2. The number of aliphatic hydroxyl groups is 1. The van der Waals surface area contributed by atoms with Crippen molar-refractivity contribution in [2.24, 2.45) is 50.2 Å². The van der Waals surface area contributed by atoms with Crippen LogP contribution in [0.5, 0.6) is 0 Å². The molecular formula is C30H50O. The number of hydrogen-bond donors (Lipinski definition) is 1. The third-order valence-electron chi connectivity index (χ3n) is 13.0. The highest BCUT2D eigenvalue weighted by Gasteiger charge is 2.67. The second-order valence-electron chi connectivity index (χ2n) is 15.2. The molecule has 4 fully saturated rings. The lowest BCUT2D eigenvalue weighted by molar-refractivity contribution is -0.202. The molecule has 5 aliphatic carbocycles. The molecule has 4 unspecified atom stereocenters. The molecule has 0 heterocycles. The second kappa shape index (κ2) is 6.43. The van der Waals surface area contributed by atoms with Crippen molar-refractivity contribution >= 4 is 0 Å². The van der Waals surface area contributed by atoms with Crippen molar-refractivity contribution < 1.29 is 5.11 Å². The maximum atomic E-state index is 10.9. The minimum Gasteiger partial charge on any atom is -0.393 e. The lowest BCUT2D eigenvalue weighted by Gasteiger charge is -2.71. The maximum Gasteiger partial charge on any atom is 0.0594 e. The number of allylic oxidation sites excluding steroid dienone is 2. The summed E-state index contributed by atoms with van der Waals surface area (Å²) in [4.78, 5) is 0. The molecule has 1 heteroatoms. The van der Waals surface area contributed by atoms with Gasteiger partial charge in [0, 0.05) is 0 Å². The van der Waals surface area contributed by atoms with E-state index in [4.69, 9.17) is 0 Å². The summed E-state index contributed by atoms with van der Waals surface area (Å²) >= 11 is 0. The van der Waals surface area contributed by atoms with E-state index in [-0.39, 0.29) is 11.5 Å². The zero-order valence-corrected chi connectivity index (χ0v) is 21.9. The zero-order valence-electron chi connectivity index (χ0n) is 21.9. The Morgan fingerprint density at radius 3 is 2.16 bits per heavy atom. The Balaban J connectivity index is 1.57. The van der Waals surface area contributed by atoms with E-state index >= 15 is 0 Å². The van der Waals surface area contributed by atoms with E-state index in [0.717, 1.165) is 18.3 Å².